The first-order valence-electron chi connectivity index (χ1n) is 3.30. The van der Waals surface area contributed by atoms with Gasteiger partial charge in [-0.15, -0.1) is 0 Å². The van der Waals surface area contributed by atoms with Crippen LogP contribution in [-0.2, 0) is 4.79 Å². The summed E-state index contributed by atoms with van der Waals surface area (Å²) in [6.07, 6.45) is 0.477. The molecule has 6 heteroatoms. The van der Waals surface area contributed by atoms with E-state index in [1.165, 1.54) is 0 Å². The van der Waals surface area contributed by atoms with Crippen LogP contribution in [0.25, 0.3) is 0 Å². The van der Waals surface area contributed by atoms with Crippen molar-refractivity contribution >= 4 is 12.2 Å². The number of hydrogen-bond acceptors (Lipinski definition) is 4. The fourth-order valence-electron chi connectivity index (χ4n) is 0.626. The molecule has 0 aromatic rings. The van der Waals surface area contributed by atoms with Crippen LogP contribution in [0.2, 0.25) is 0 Å². The third-order valence-electron chi connectivity index (χ3n) is 1.12. The Labute approximate surface area is 70.5 Å². The second kappa shape index (κ2) is 5.14. The van der Waals surface area contributed by atoms with Crippen LogP contribution in [0.5, 0.6) is 0 Å². The van der Waals surface area contributed by atoms with Crippen LogP contribution in [0.3, 0.4) is 0 Å². The Morgan fingerprint density at radius 3 is 2.50 bits per heavy atom. The molecule has 12 heavy (non-hydrogen) atoms. The van der Waals surface area contributed by atoms with Crippen LogP contribution in [0, 0.1) is 0 Å². The number of nitrogens with zero attached hydrogens (tertiary/aromatic N) is 1. The average Bonchev–Trinajstić information content (AvgIpc) is 1.99. The molecule has 0 rings (SSSR count). The minimum absolute atomic E-state index is 0.0587. The van der Waals surface area contributed by atoms with Gasteiger partial charge in [0.05, 0.1) is 6.67 Å². The molecule has 0 unspecified atom stereocenters. The van der Waals surface area contributed by atoms with Crippen molar-refractivity contribution < 1.29 is 4.79 Å². The highest BCUT2D eigenvalue weighted by atomic mass is 16.1. The summed E-state index contributed by atoms with van der Waals surface area (Å²) in [7, 11) is 0. The molecule has 0 saturated carbocycles. The number of allylic oxidation sites excluding steroid dienone is 1. The van der Waals surface area contributed by atoms with Crippen molar-refractivity contribution in [3.05, 3.63) is 11.4 Å². The number of aliphatic imine (C=N–C) groups is 1. The van der Waals surface area contributed by atoms with Gasteiger partial charge in [-0.25, -0.2) is 0 Å². The van der Waals surface area contributed by atoms with E-state index in [0.29, 0.717) is 17.8 Å². The summed E-state index contributed by atoms with van der Waals surface area (Å²) in [6, 6.07) is 0. The molecule has 0 aromatic heterocycles. The minimum Gasteiger partial charge on any atom is -0.400 e. The standard InChI is InChI=1S/C6H13N5O/c1-4(8)5(11-3-12)6(9)10-2-7/h3H,2,7-8H2,1H3,(H2,9,10)(H,11,12)/b5-4+. The van der Waals surface area contributed by atoms with Crippen molar-refractivity contribution in [1.82, 2.24) is 5.32 Å². The first-order chi connectivity index (χ1) is 5.63. The molecule has 0 radical (unpaired) electrons. The molecule has 1 amide bonds. The fourth-order valence-corrected chi connectivity index (χ4v) is 0.626. The van der Waals surface area contributed by atoms with Gasteiger partial charge < -0.3 is 22.5 Å². The Morgan fingerprint density at radius 1 is 1.58 bits per heavy atom. The van der Waals surface area contributed by atoms with E-state index in [4.69, 9.17) is 17.2 Å². The summed E-state index contributed by atoms with van der Waals surface area (Å²) in [5.41, 5.74) is 16.6. The number of carbonyl (C=O) groups is 1. The summed E-state index contributed by atoms with van der Waals surface area (Å²) in [4.78, 5) is 13.8. The number of hydrogen-bond donors (Lipinski definition) is 4. The highest BCUT2D eigenvalue weighted by molar-refractivity contribution is 5.98. The molecule has 0 spiro atoms. The second-order valence-corrected chi connectivity index (χ2v) is 2.05. The van der Waals surface area contributed by atoms with Gasteiger partial charge in [-0.05, 0) is 6.92 Å². The maximum Gasteiger partial charge on any atom is 0.211 e. The molecule has 0 aliphatic rings. The van der Waals surface area contributed by atoms with Crippen LogP contribution in [0.15, 0.2) is 16.4 Å². The number of carbonyl (C=O) groups excluding carboxylic acids is 1. The third kappa shape index (κ3) is 3.02. The Hall–Kier alpha value is -1.56. The first kappa shape index (κ1) is 10.4. The van der Waals surface area contributed by atoms with Crippen LogP contribution < -0.4 is 22.5 Å². The maximum absolute atomic E-state index is 10.1. The Bertz CT molecular complexity index is 216. The van der Waals surface area contributed by atoms with Gasteiger partial charge >= 0.3 is 0 Å². The zero-order valence-corrected chi connectivity index (χ0v) is 6.87. The average molecular weight is 171 g/mol. The molecule has 0 saturated heterocycles. The first-order valence-corrected chi connectivity index (χ1v) is 3.30. The lowest BCUT2D eigenvalue weighted by Gasteiger charge is -2.06. The SMILES string of the molecule is C/C(N)=C(\NC=O)C(N)=NCN. The number of rotatable bonds is 4. The number of amides is 1. The third-order valence-corrected chi connectivity index (χ3v) is 1.12. The van der Waals surface area contributed by atoms with Crippen LogP contribution in [0.4, 0.5) is 0 Å². The highest BCUT2D eigenvalue weighted by Crippen LogP contribution is 1.92. The molecule has 0 heterocycles. The number of nitrogens with one attached hydrogen (secondary N) is 1. The molecule has 0 aromatic carbocycles. The molecule has 6 nitrogen and oxygen atoms in total. The fraction of sp³-hybridized carbons (Fsp3) is 0.333. The van der Waals surface area contributed by atoms with Crippen molar-refractivity contribution in [2.24, 2.45) is 22.2 Å². The van der Waals surface area contributed by atoms with E-state index in [0.717, 1.165) is 0 Å². The highest BCUT2D eigenvalue weighted by Gasteiger charge is 2.02. The van der Waals surface area contributed by atoms with E-state index in [9.17, 15) is 4.79 Å². The van der Waals surface area contributed by atoms with Crippen LogP contribution in [-0.4, -0.2) is 18.9 Å². The van der Waals surface area contributed by atoms with Gasteiger partial charge in [0.2, 0.25) is 6.41 Å². The predicted molar refractivity (Wildman–Crippen MR) is 46.8 cm³/mol. The molecule has 0 atom stereocenters. The van der Waals surface area contributed by atoms with Gasteiger partial charge in [0.1, 0.15) is 11.5 Å². The predicted octanol–water partition coefficient (Wildman–Crippen LogP) is -1.80. The zero-order valence-electron chi connectivity index (χ0n) is 6.87. The van der Waals surface area contributed by atoms with Crippen molar-refractivity contribution in [2.45, 2.75) is 6.92 Å². The normalized spacial score (nSPS) is 13.7. The lowest BCUT2D eigenvalue weighted by Crippen LogP contribution is -2.29. The molecular weight excluding hydrogens is 158 g/mol. The van der Waals surface area contributed by atoms with E-state index in [1.807, 2.05) is 0 Å². The van der Waals surface area contributed by atoms with Crippen molar-refractivity contribution in [2.75, 3.05) is 6.67 Å². The molecule has 0 fully saturated rings. The van der Waals surface area contributed by atoms with Gasteiger partial charge in [0.25, 0.3) is 0 Å². The lowest BCUT2D eigenvalue weighted by molar-refractivity contribution is -0.108. The Balaban J connectivity index is 4.64. The molecule has 0 aliphatic carbocycles. The lowest BCUT2D eigenvalue weighted by atomic mass is 10.3. The monoisotopic (exact) mass is 171 g/mol. The molecule has 0 bridgehead atoms. The minimum atomic E-state index is 0.0587. The summed E-state index contributed by atoms with van der Waals surface area (Å²) < 4.78 is 0. The van der Waals surface area contributed by atoms with E-state index in [-0.39, 0.29) is 12.5 Å². The van der Waals surface area contributed by atoms with Gasteiger partial charge in [-0.3, -0.25) is 9.79 Å². The van der Waals surface area contributed by atoms with E-state index in [2.05, 4.69) is 10.3 Å². The van der Waals surface area contributed by atoms with Crippen molar-refractivity contribution in [3.8, 4) is 0 Å². The van der Waals surface area contributed by atoms with Gasteiger partial charge in [0.15, 0.2) is 0 Å². The van der Waals surface area contributed by atoms with Gasteiger partial charge in [0, 0.05) is 5.70 Å². The van der Waals surface area contributed by atoms with E-state index < -0.39 is 0 Å². The molecule has 68 valence electrons. The quantitative estimate of drug-likeness (QED) is 0.226. The zero-order chi connectivity index (χ0) is 9.56. The van der Waals surface area contributed by atoms with Crippen LogP contribution in [0.1, 0.15) is 6.92 Å². The van der Waals surface area contributed by atoms with Gasteiger partial charge in [-0.1, -0.05) is 0 Å². The topological polar surface area (TPSA) is 120 Å². The Morgan fingerprint density at radius 2 is 2.17 bits per heavy atom. The van der Waals surface area contributed by atoms with Crippen molar-refractivity contribution in [1.29, 1.82) is 0 Å². The second-order valence-electron chi connectivity index (χ2n) is 2.05. The summed E-state index contributed by atoms with van der Waals surface area (Å²) in [5.74, 6) is 0.129. The number of amidine groups is 1. The maximum atomic E-state index is 10.1. The largest absolute Gasteiger partial charge is 0.400 e. The summed E-state index contributed by atoms with van der Waals surface area (Å²) in [6.45, 7) is 1.66. The van der Waals surface area contributed by atoms with Gasteiger partial charge in [-0.2, -0.15) is 0 Å². The summed E-state index contributed by atoms with van der Waals surface area (Å²) in [5, 5.41) is 2.33. The molecular formula is C6H13N5O. The molecule has 7 N–H and O–H groups in total. The van der Waals surface area contributed by atoms with Crippen molar-refractivity contribution in [3.63, 3.8) is 0 Å². The smallest absolute Gasteiger partial charge is 0.211 e. The van der Waals surface area contributed by atoms with E-state index >= 15 is 0 Å². The van der Waals surface area contributed by atoms with Crippen LogP contribution >= 0.6 is 0 Å². The van der Waals surface area contributed by atoms with E-state index in [1.54, 1.807) is 6.92 Å². The Kier molecular flexibility index (Phi) is 4.47. The molecule has 0 aliphatic heterocycles. The number of nitrogens with two attached hydrogens (primary N) is 3. The summed E-state index contributed by atoms with van der Waals surface area (Å²) >= 11 is 0.